The molecule has 0 bridgehead atoms. The minimum Gasteiger partial charge on any atom is -0.788 e. The highest BCUT2D eigenvalue weighted by molar-refractivity contribution is 4.77. The van der Waals surface area contributed by atoms with Gasteiger partial charge in [-0.1, -0.05) is 6.08 Å². The first-order chi connectivity index (χ1) is 2.91. The molecular weight excluding hydrogens is 80.0 g/mol. The molecule has 0 aromatic heterocycles. The Morgan fingerprint density at radius 3 is 2.67 bits per heavy atom. The molecule has 0 saturated carbocycles. The summed E-state index contributed by atoms with van der Waals surface area (Å²) < 4.78 is 0. The van der Waals surface area contributed by atoms with Crippen molar-refractivity contribution in [3.8, 4) is 0 Å². The molecule has 0 aromatic carbocycles. The maximum atomic E-state index is 9.33. The van der Waals surface area contributed by atoms with Crippen LogP contribution in [0.5, 0.6) is 0 Å². The van der Waals surface area contributed by atoms with Crippen LogP contribution in [0.2, 0.25) is 0 Å². The minimum atomic E-state index is 0.302. The third-order valence-electron chi connectivity index (χ3n) is 0.337. The Labute approximate surface area is 36.4 Å². The minimum absolute atomic E-state index is 0.302. The second-order valence-corrected chi connectivity index (χ2v) is 0.777. The molecule has 0 fully saturated rings. The summed E-state index contributed by atoms with van der Waals surface area (Å²) in [5.74, 6) is 0. The molecular formula is C3H7N2O-. The zero-order valence-electron chi connectivity index (χ0n) is 3.35. The predicted octanol–water partition coefficient (Wildman–Crippen LogP) is -0.454. The van der Waals surface area contributed by atoms with Crippen LogP contribution >= 0.6 is 0 Å². The second kappa shape index (κ2) is 4.46. The number of rotatable bonds is 2. The molecule has 3 N–H and O–H groups in total. The van der Waals surface area contributed by atoms with Crippen molar-refractivity contribution in [2.24, 2.45) is 5.73 Å². The first-order valence-corrected chi connectivity index (χ1v) is 1.63. The van der Waals surface area contributed by atoms with E-state index in [2.05, 4.69) is 0 Å². The van der Waals surface area contributed by atoms with E-state index in [0.717, 1.165) is 0 Å². The van der Waals surface area contributed by atoms with E-state index in [9.17, 15) is 5.21 Å². The Morgan fingerprint density at radius 2 is 2.50 bits per heavy atom. The molecule has 0 amide bonds. The molecule has 0 aliphatic carbocycles. The van der Waals surface area contributed by atoms with Gasteiger partial charge in [-0.3, -0.25) is 0 Å². The summed E-state index contributed by atoms with van der Waals surface area (Å²) in [5, 5.41) is 9.33. The van der Waals surface area contributed by atoms with Crippen LogP contribution in [0.4, 0.5) is 0 Å². The Morgan fingerprint density at radius 1 is 1.83 bits per heavy atom. The van der Waals surface area contributed by atoms with E-state index in [4.69, 9.17) is 5.73 Å². The highest BCUT2D eigenvalue weighted by atomic mass is 16.5. The van der Waals surface area contributed by atoms with Crippen molar-refractivity contribution in [3.63, 3.8) is 0 Å². The van der Waals surface area contributed by atoms with Crippen LogP contribution in [0.25, 0.3) is 0 Å². The lowest BCUT2D eigenvalue weighted by molar-refractivity contribution is 0.992. The number of hydroxylamine groups is 1. The van der Waals surface area contributed by atoms with Crippen LogP contribution in [0.1, 0.15) is 0 Å². The Bertz CT molecular complexity index is 44.1. The number of nitrogens with one attached hydrogen (secondary N) is 1. The summed E-state index contributed by atoms with van der Waals surface area (Å²) in [6.45, 7) is 0.302. The van der Waals surface area contributed by atoms with Crippen molar-refractivity contribution >= 4 is 0 Å². The molecule has 6 heavy (non-hydrogen) atoms. The van der Waals surface area contributed by atoms with Crippen LogP contribution in [-0.4, -0.2) is 6.54 Å². The summed E-state index contributed by atoms with van der Waals surface area (Å²) in [6, 6.07) is 0. The van der Waals surface area contributed by atoms with E-state index in [1.807, 2.05) is 0 Å². The van der Waals surface area contributed by atoms with Gasteiger partial charge < -0.3 is 16.4 Å². The summed E-state index contributed by atoms with van der Waals surface area (Å²) >= 11 is 0. The zero-order valence-corrected chi connectivity index (χ0v) is 3.35. The molecule has 0 spiro atoms. The van der Waals surface area contributed by atoms with Gasteiger partial charge in [0.1, 0.15) is 0 Å². The molecule has 0 heterocycles. The average molecular weight is 87.1 g/mol. The van der Waals surface area contributed by atoms with Crippen molar-refractivity contribution in [1.82, 2.24) is 5.48 Å². The maximum Gasteiger partial charge on any atom is 0.00344 e. The lowest BCUT2D eigenvalue weighted by atomic mass is 10.6. The largest absolute Gasteiger partial charge is 0.788 e. The molecule has 0 aliphatic rings. The fourth-order valence-corrected chi connectivity index (χ4v) is 0.116. The Balaban J connectivity index is 2.66. The first-order valence-electron chi connectivity index (χ1n) is 1.63. The van der Waals surface area contributed by atoms with Gasteiger partial charge in [-0.05, 0) is 6.20 Å². The van der Waals surface area contributed by atoms with Gasteiger partial charge in [-0.25, -0.2) is 0 Å². The van der Waals surface area contributed by atoms with Gasteiger partial charge in [0.2, 0.25) is 0 Å². The van der Waals surface area contributed by atoms with Gasteiger partial charge in [0.15, 0.2) is 0 Å². The Kier molecular flexibility index (Phi) is 4.06. The molecule has 0 saturated heterocycles. The Hall–Kier alpha value is -0.540. The normalized spacial score (nSPS) is 10.2. The standard InChI is InChI=1S/C3H7N2O/c4-2-1-3-5-6/h1-2,5H,3-4H2/q-1. The van der Waals surface area contributed by atoms with Gasteiger partial charge in [0.25, 0.3) is 0 Å². The highest BCUT2D eigenvalue weighted by Gasteiger charge is 1.55. The first kappa shape index (κ1) is 5.46. The van der Waals surface area contributed by atoms with Crippen molar-refractivity contribution in [2.75, 3.05) is 6.54 Å². The topological polar surface area (TPSA) is 61.1 Å². The maximum absolute atomic E-state index is 9.33. The highest BCUT2D eigenvalue weighted by Crippen LogP contribution is 1.55. The third-order valence-corrected chi connectivity index (χ3v) is 0.337. The summed E-state index contributed by atoms with van der Waals surface area (Å²) in [4.78, 5) is 0. The van der Waals surface area contributed by atoms with Crippen LogP contribution in [0, 0.1) is 5.21 Å². The number of hydrogen-bond acceptors (Lipinski definition) is 3. The molecule has 0 unspecified atom stereocenters. The summed E-state index contributed by atoms with van der Waals surface area (Å²) in [6.07, 6.45) is 2.86. The summed E-state index contributed by atoms with van der Waals surface area (Å²) in [7, 11) is 0. The average Bonchev–Trinajstić information content (AvgIpc) is 1.61. The molecule has 0 rings (SSSR count). The molecule has 0 atom stereocenters. The van der Waals surface area contributed by atoms with Gasteiger partial charge in [-0.15, -0.1) is 0 Å². The lowest BCUT2D eigenvalue weighted by Crippen LogP contribution is -2.01. The van der Waals surface area contributed by atoms with Crippen LogP contribution in [0.3, 0.4) is 0 Å². The van der Waals surface area contributed by atoms with E-state index in [-0.39, 0.29) is 0 Å². The van der Waals surface area contributed by atoms with E-state index in [0.29, 0.717) is 6.54 Å². The molecule has 0 radical (unpaired) electrons. The fourth-order valence-electron chi connectivity index (χ4n) is 0.116. The predicted molar refractivity (Wildman–Crippen MR) is 24.7 cm³/mol. The monoisotopic (exact) mass is 87.1 g/mol. The van der Waals surface area contributed by atoms with Gasteiger partial charge in [0.05, 0.1) is 0 Å². The molecule has 0 aliphatic heterocycles. The zero-order chi connectivity index (χ0) is 4.83. The smallest absolute Gasteiger partial charge is 0.00344 e. The SMILES string of the molecule is NC=CCN[O-]. The number of nitrogens with two attached hydrogens (primary N) is 1. The van der Waals surface area contributed by atoms with Crippen molar-refractivity contribution in [3.05, 3.63) is 17.5 Å². The van der Waals surface area contributed by atoms with Gasteiger partial charge in [0, 0.05) is 6.54 Å². The van der Waals surface area contributed by atoms with Crippen molar-refractivity contribution in [1.29, 1.82) is 0 Å². The van der Waals surface area contributed by atoms with Crippen molar-refractivity contribution in [2.45, 2.75) is 0 Å². The molecule has 3 nitrogen and oxygen atoms in total. The summed E-state index contributed by atoms with van der Waals surface area (Å²) in [5.41, 5.74) is 6.51. The van der Waals surface area contributed by atoms with Crippen LogP contribution in [0.15, 0.2) is 12.3 Å². The third kappa shape index (κ3) is 3.46. The van der Waals surface area contributed by atoms with E-state index in [1.165, 1.54) is 12.3 Å². The second-order valence-electron chi connectivity index (χ2n) is 0.777. The van der Waals surface area contributed by atoms with Crippen LogP contribution in [-0.2, 0) is 0 Å². The molecule has 36 valence electrons. The van der Waals surface area contributed by atoms with E-state index >= 15 is 0 Å². The fraction of sp³-hybridized carbons (Fsp3) is 0.333. The van der Waals surface area contributed by atoms with Crippen molar-refractivity contribution < 1.29 is 0 Å². The lowest BCUT2D eigenvalue weighted by Gasteiger charge is -1.98. The van der Waals surface area contributed by atoms with Gasteiger partial charge in [-0.2, -0.15) is 0 Å². The molecule has 3 heteroatoms. The van der Waals surface area contributed by atoms with Crippen LogP contribution < -0.4 is 11.2 Å². The van der Waals surface area contributed by atoms with E-state index in [1.54, 1.807) is 5.48 Å². The quantitative estimate of drug-likeness (QED) is 0.448. The van der Waals surface area contributed by atoms with Gasteiger partial charge >= 0.3 is 0 Å². The van der Waals surface area contributed by atoms with E-state index < -0.39 is 0 Å². The molecule has 0 aromatic rings. The number of hydrogen-bond donors (Lipinski definition) is 2.